The summed E-state index contributed by atoms with van der Waals surface area (Å²) in [6, 6.07) is 21.4. The molecule has 5 nitrogen and oxygen atoms in total. The molecular weight excluding hydrogens is 403 g/mol. The molecule has 0 saturated carbocycles. The number of nitrogens with one attached hydrogen (secondary N) is 1. The van der Waals surface area contributed by atoms with Crippen LogP contribution in [0, 0.1) is 5.82 Å². The second kappa shape index (κ2) is 8.38. The molecule has 0 aromatic heterocycles. The van der Waals surface area contributed by atoms with Crippen LogP contribution in [0.3, 0.4) is 0 Å². The van der Waals surface area contributed by atoms with Gasteiger partial charge in [-0.05, 0) is 47.4 Å². The number of amides is 1. The maximum absolute atomic E-state index is 13.9. The Morgan fingerprint density at radius 3 is 2.50 bits per heavy atom. The zero-order valence-corrected chi connectivity index (χ0v) is 17.0. The lowest BCUT2D eigenvalue weighted by Gasteiger charge is -2.38. The number of carbonyl (C=O) groups excluding carboxylic acids is 1. The third-order valence-electron chi connectivity index (χ3n) is 5.24. The highest BCUT2D eigenvalue weighted by atomic mass is 32.2. The summed E-state index contributed by atoms with van der Waals surface area (Å²) in [5.74, 6) is -0.744. The van der Waals surface area contributed by atoms with E-state index in [1.165, 1.54) is 24.3 Å². The van der Waals surface area contributed by atoms with Crippen molar-refractivity contribution >= 4 is 15.9 Å². The topological polar surface area (TPSA) is 66.5 Å². The van der Waals surface area contributed by atoms with Gasteiger partial charge in [0.1, 0.15) is 5.82 Å². The number of nitrogens with zero attached hydrogens (tertiary/aromatic N) is 1. The molecule has 3 aromatic rings. The summed E-state index contributed by atoms with van der Waals surface area (Å²) in [5, 5.41) is 0. The second-order valence-corrected chi connectivity index (χ2v) is 8.90. The van der Waals surface area contributed by atoms with Gasteiger partial charge in [-0.2, -0.15) is 0 Å². The summed E-state index contributed by atoms with van der Waals surface area (Å²) in [6.45, 7) is 0.0509. The van der Waals surface area contributed by atoms with Crippen molar-refractivity contribution in [3.05, 3.63) is 101 Å². The van der Waals surface area contributed by atoms with Crippen LogP contribution < -0.4 is 4.72 Å². The van der Waals surface area contributed by atoms with Crippen molar-refractivity contribution in [1.29, 1.82) is 0 Å². The minimum atomic E-state index is -3.80. The third kappa shape index (κ3) is 4.13. The monoisotopic (exact) mass is 424 g/mol. The lowest BCUT2D eigenvalue weighted by atomic mass is 9.88. The van der Waals surface area contributed by atoms with Gasteiger partial charge in [0.25, 0.3) is 0 Å². The lowest BCUT2D eigenvalue weighted by molar-refractivity contribution is -0.132. The predicted octanol–water partition coefficient (Wildman–Crippen LogP) is 3.28. The third-order valence-corrected chi connectivity index (χ3v) is 6.65. The van der Waals surface area contributed by atoms with E-state index in [0.717, 1.165) is 11.1 Å². The number of sulfonamides is 1. The van der Waals surface area contributed by atoms with Gasteiger partial charge in [0, 0.05) is 6.54 Å². The summed E-state index contributed by atoms with van der Waals surface area (Å²) in [5.41, 5.74) is 2.68. The minimum absolute atomic E-state index is 0.100. The van der Waals surface area contributed by atoms with E-state index in [2.05, 4.69) is 4.72 Å². The number of carbonyl (C=O) groups is 1. The van der Waals surface area contributed by atoms with Gasteiger partial charge in [0.15, 0.2) is 0 Å². The van der Waals surface area contributed by atoms with Gasteiger partial charge in [-0.3, -0.25) is 4.79 Å². The lowest BCUT2D eigenvalue weighted by Crippen LogP contribution is -2.45. The molecule has 154 valence electrons. The molecule has 1 atom stereocenters. The van der Waals surface area contributed by atoms with Crippen molar-refractivity contribution < 1.29 is 17.6 Å². The van der Waals surface area contributed by atoms with Crippen LogP contribution in [0.25, 0.3) is 0 Å². The standard InChI is InChI=1S/C23H21FN2O3S/c24-19-9-6-8-18(15-19)23-21-12-5-4-7-17(21)13-14-26(23)22(27)16-25-30(28,29)20-10-2-1-3-11-20/h1-12,15,23,25H,13-14,16H2. The summed E-state index contributed by atoms with van der Waals surface area (Å²) in [4.78, 5) is 14.8. The van der Waals surface area contributed by atoms with Crippen molar-refractivity contribution in [2.45, 2.75) is 17.4 Å². The molecule has 1 amide bonds. The molecule has 0 saturated heterocycles. The fraction of sp³-hybridized carbons (Fsp3) is 0.174. The summed E-state index contributed by atoms with van der Waals surface area (Å²) < 4.78 is 41.3. The highest BCUT2D eigenvalue weighted by Crippen LogP contribution is 2.35. The van der Waals surface area contributed by atoms with Gasteiger partial charge in [0.2, 0.25) is 15.9 Å². The highest BCUT2D eigenvalue weighted by Gasteiger charge is 2.32. The van der Waals surface area contributed by atoms with E-state index in [1.807, 2.05) is 24.3 Å². The fourth-order valence-corrected chi connectivity index (χ4v) is 4.81. The molecule has 1 unspecified atom stereocenters. The van der Waals surface area contributed by atoms with Crippen LogP contribution >= 0.6 is 0 Å². The van der Waals surface area contributed by atoms with Crippen LogP contribution in [-0.2, 0) is 21.2 Å². The molecule has 4 rings (SSSR count). The quantitative estimate of drug-likeness (QED) is 0.684. The van der Waals surface area contributed by atoms with E-state index >= 15 is 0 Å². The first-order valence-corrected chi connectivity index (χ1v) is 11.1. The second-order valence-electron chi connectivity index (χ2n) is 7.13. The van der Waals surface area contributed by atoms with Gasteiger partial charge in [-0.25, -0.2) is 17.5 Å². The van der Waals surface area contributed by atoms with Gasteiger partial charge in [0.05, 0.1) is 17.5 Å². The summed E-state index contributed by atoms with van der Waals surface area (Å²) >= 11 is 0. The minimum Gasteiger partial charge on any atom is -0.330 e. The average Bonchev–Trinajstić information content (AvgIpc) is 2.77. The first-order valence-electron chi connectivity index (χ1n) is 9.63. The van der Waals surface area contributed by atoms with E-state index in [9.17, 15) is 17.6 Å². The zero-order valence-electron chi connectivity index (χ0n) is 16.2. The number of benzene rings is 3. The molecule has 0 spiro atoms. The largest absolute Gasteiger partial charge is 0.330 e. The molecule has 30 heavy (non-hydrogen) atoms. The van der Waals surface area contributed by atoms with Crippen LogP contribution in [0.15, 0.2) is 83.8 Å². The Hall–Kier alpha value is -3.03. The normalized spacial score (nSPS) is 16.2. The number of hydrogen-bond acceptors (Lipinski definition) is 3. The first-order chi connectivity index (χ1) is 14.5. The Morgan fingerprint density at radius 1 is 1.00 bits per heavy atom. The molecule has 1 aliphatic heterocycles. The number of hydrogen-bond donors (Lipinski definition) is 1. The maximum atomic E-state index is 13.9. The molecule has 1 aliphatic rings. The Balaban J connectivity index is 1.61. The van der Waals surface area contributed by atoms with Gasteiger partial charge in [-0.15, -0.1) is 0 Å². The van der Waals surface area contributed by atoms with Crippen molar-refractivity contribution in [3.63, 3.8) is 0 Å². The molecular formula is C23H21FN2O3S. The molecule has 0 radical (unpaired) electrons. The van der Waals surface area contributed by atoms with Crippen LogP contribution in [0.4, 0.5) is 4.39 Å². The van der Waals surface area contributed by atoms with E-state index in [-0.39, 0.29) is 23.2 Å². The molecule has 0 aliphatic carbocycles. The summed E-state index contributed by atoms with van der Waals surface area (Å²) in [7, 11) is -3.80. The average molecular weight is 424 g/mol. The molecule has 0 bridgehead atoms. The van der Waals surface area contributed by atoms with E-state index in [1.54, 1.807) is 35.2 Å². The van der Waals surface area contributed by atoms with Crippen LogP contribution in [-0.4, -0.2) is 32.3 Å². The van der Waals surface area contributed by atoms with Crippen LogP contribution in [0.1, 0.15) is 22.7 Å². The Morgan fingerprint density at radius 2 is 1.73 bits per heavy atom. The Bertz CT molecular complexity index is 1170. The zero-order chi connectivity index (χ0) is 21.1. The Labute approximate surface area is 175 Å². The van der Waals surface area contributed by atoms with Gasteiger partial charge >= 0.3 is 0 Å². The van der Waals surface area contributed by atoms with E-state index in [4.69, 9.17) is 0 Å². The van der Waals surface area contributed by atoms with E-state index < -0.39 is 16.1 Å². The molecule has 7 heteroatoms. The maximum Gasteiger partial charge on any atom is 0.241 e. The predicted molar refractivity (Wildman–Crippen MR) is 112 cm³/mol. The van der Waals surface area contributed by atoms with Crippen molar-refractivity contribution in [1.82, 2.24) is 9.62 Å². The van der Waals surface area contributed by atoms with Gasteiger partial charge in [-0.1, -0.05) is 54.6 Å². The van der Waals surface area contributed by atoms with Crippen molar-refractivity contribution in [2.75, 3.05) is 13.1 Å². The molecule has 1 N–H and O–H groups in total. The van der Waals surface area contributed by atoms with Gasteiger partial charge < -0.3 is 4.90 Å². The highest BCUT2D eigenvalue weighted by molar-refractivity contribution is 7.89. The van der Waals surface area contributed by atoms with Crippen molar-refractivity contribution in [2.24, 2.45) is 0 Å². The number of halogens is 1. The first kappa shape index (κ1) is 20.3. The number of rotatable bonds is 5. The van der Waals surface area contributed by atoms with Crippen LogP contribution in [0.2, 0.25) is 0 Å². The molecule has 1 heterocycles. The fourth-order valence-electron chi connectivity index (χ4n) is 3.81. The number of fused-ring (bicyclic) bond motifs is 1. The van der Waals surface area contributed by atoms with E-state index in [0.29, 0.717) is 18.5 Å². The smallest absolute Gasteiger partial charge is 0.241 e. The SMILES string of the molecule is O=C(CNS(=O)(=O)c1ccccc1)N1CCc2ccccc2C1c1cccc(F)c1. The molecule has 3 aromatic carbocycles. The Kier molecular flexibility index (Phi) is 5.65. The summed E-state index contributed by atoms with van der Waals surface area (Å²) in [6.07, 6.45) is 0.652. The van der Waals surface area contributed by atoms with Crippen molar-refractivity contribution in [3.8, 4) is 0 Å². The van der Waals surface area contributed by atoms with Crippen LogP contribution in [0.5, 0.6) is 0 Å². The molecule has 0 fully saturated rings.